The van der Waals surface area contributed by atoms with E-state index in [1.807, 2.05) is 32.0 Å². The number of nitrogens with zero attached hydrogens (tertiary/aromatic N) is 3. The van der Waals surface area contributed by atoms with Crippen molar-refractivity contribution in [2.45, 2.75) is 20.8 Å². The van der Waals surface area contributed by atoms with Gasteiger partial charge in [0.05, 0.1) is 4.92 Å². The molecule has 0 saturated carbocycles. The summed E-state index contributed by atoms with van der Waals surface area (Å²) in [6.07, 6.45) is 0. The standard InChI is InChI=1S/C13H14N4O2/c1-7-4-5-8(2)10(6-7)11-12(17(18)19)9(3)15-13(14)16-11/h4-6H,1-3H3,(H2,14,15,16). The summed E-state index contributed by atoms with van der Waals surface area (Å²) in [5, 5.41) is 11.2. The second-order valence-corrected chi connectivity index (χ2v) is 4.44. The van der Waals surface area contributed by atoms with E-state index in [0.717, 1.165) is 11.1 Å². The maximum absolute atomic E-state index is 11.2. The topological polar surface area (TPSA) is 94.9 Å². The molecule has 0 aliphatic heterocycles. The van der Waals surface area contributed by atoms with Crippen molar-refractivity contribution in [1.29, 1.82) is 0 Å². The second kappa shape index (κ2) is 4.64. The maximum Gasteiger partial charge on any atom is 0.316 e. The summed E-state index contributed by atoms with van der Waals surface area (Å²) in [6, 6.07) is 5.72. The Hall–Kier alpha value is -2.50. The molecule has 1 aromatic carbocycles. The Balaban J connectivity index is 2.81. The fraction of sp³-hybridized carbons (Fsp3) is 0.231. The van der Waals surface area contributed by atoms with Crippen molar-refractivity contribution in [3.8, 4) is 11.3 Å². The zero-order valence-electron chi connectivity index (χ0n) is 11.0. The molecule has 1 aromatic heterocycles. The summed E-state index contributed by atoms with van der Waals surface area (Å²) in [4.78, 5) is 18.7. The molecule has 0 amide bonds. The Kier molecular flexibility index (Phi) is 3.16. The van der Waals surface area contributed by atoms with Crippen molar-refractivity contribution in [2.24, 2.45) is 0 Å². The average Bonchev–Trinajstić information content (AvgIpc) is 2.30. The molecule has 0 bridgehead atoms. The molecule has 0 atom stereocenters. The Morgan fingerprint density at radius 1 is 1.21 bits per heavy atom. The van der Waals surface area contributed by atoms with Gasteiger partial charge < -0.3 is 5.73 Å². The number of benzene rings is 1. The minimum Gasteiger partial charge on any atom is -0.368 e. The Morgan fingerprint density at radius 2 is 1.89 bits per heavy atom. The predicted octanol–water partition coefficient (Wildman–Crippen LogP) is 2.56. The van der Waals surface area contributed by atoms with E-state index >= 15 is 0 Å². The van der Waals surface area contributed by atoms with Gasteiger partial charge in [-0.2, -0.15) is 0 Å². The number of nitro groups is 1. The van der Waals surface area contributed by atoms with Gasteiger partial charge in [-0.3, -0.25) is 10.1 Å². The van der Waals surface area contributed by atoms with Gasteiger partial charge in [-0.05, 0) is 32.4 Å². The van der Waals surface area contributed by atoms with Gasteiger partial charge in [0.2, 0.25) is 5.95 Å². The zero-order valence-corrected chi connectivity index (χ0v) is 11.0. The number of nitrogen functional groups attached to an aromatic ring is 1. The fourth-order valence-corrected chi connectivity index (χ4v) is 1.99. The highest BCUT2D eigenvalue weighted by atomic mass is 16.6. The molecular formula is C13H14N4O2. The van der Waals surface area contributed by atoms with E-state index in [9.17, 15) is 10.1 Å². The van der Waals surface area contributed by atoms with E-state index in [1.165, 1.54) is 0 Å². The molecule has 2 N–H and O–H groups in total. The van der Waals surface area contributed by atoms with Crippen LogP contribution >= 0.6 is 0 Å². The minimum absolute atomic E-state index is 0.0407. The van der Waals surface area contributed by atoms with Crippen LogP contribution in [-0.4, -0.2) is 14.9 Å². The van der Waals surface area contributed by atoms with Crippen molar-refractivity contribution in [3.05, 3.63) is 45.1 Å². The van der Waals surface area contributed by atoms with Crippen LogP contribution in [0.4, 0.5) is 11.6 Å². The lowest BCUT2D eigenvalue weighted by atomic mass is 10.0. The summed E-state index contributed by atoms with van der Waals surface area (Å²) < 4.78 is 0. The third-order valence-corrected chi connectivity index (χ3v) is 2.91. The van der Waals surface area contributed by atoms with Crippen molar-refractivity contribution in [1.82, 2.24) is 9.97 Å². The number of anilines is 1. The molecule has 0 saturated heterocycles. The Labute approximate surface area is 110 Å². The molecule has 0 aliphatic rings. The van der Waals surface area contributed by atoms with Crippen LogP contribution in [0, 0.1) is 30.9 Å². The van der Waals surface area contributed by atoms with Crippen LogP contribution < -0.4 is 5.73 Å². The average molecular weight is 258 g/mol. The second-order valence-electron chi connectivity index (χ2n) is 4.44. The van der Waals surface area contributed by atoms with Crippen LogP contribution in [0.15, 0.2) is 18.2 Å². The van der Waals surface area contributed by atoms with Crippen molar-refractivity contribution < 1.29 is 4.92 Å². The molecule has 0 unspecified atom stereocenters. The summed E-state index contributed by atoms with van der Waals surface area (Å²) in [6.45, 7) is 5.36. The third-order valence-electron chi connectivity index (χ3n) is 2.91. The van der Waals surface area contributed by atoms with E-state index in [0.29, 0.717) is 5.56 Å². The van der Waals surface area contributed by atoms with Gasteiger partial charge in [-0.25, -0.2) is 9.97 Å². The molecule has 0 aliphatic carbocycles. The van der Waals surface area contributed by atoms with Gasteiger partial charge in [-0.15, -0.1) is 0 Å². The van der Waals surface area contributed by atoms with Crippen LogP contribution in [0.2, 0.25) is 0 Å². The fourth-order valence-electron chi connectivity index (χ4n) is 1.99. The number of aromatic nitrogens is 2. The van der Waals surface area contributed by atoms with Gasteiger partial charge >= 0.3 is 5.69 Å². The van der Waals surface area contributed by atoms with Gasteiger partial charge in [-0.1, -0.05) is 17.7 Å². The molecule has 1 heterocycles. The summed E-state index contributed by atoms with van der Waals surface area (Å²) in [5.74, 6) is 0.0407. The largest absolute Gasteiger partial charge is 0.368 e. The first-order chi connectivity index (χ1) is 8.90. The number of rotatable bonds is 2. The Morgan fingerprint density at radius 3 is 2.53 bits per heavy atom. The van der Waals surface area contributed by atoms with Crippen molar-refractivity contribution in [2.75, 3.05) is 5.73 Å². The van der Waals surface area contributed by atoms with Crippen molar-refractivity contribution >= 4 is 11.6 Å². The van der Waals surface area contributed by atoms with Crippen LogP contribution in [0.25, 0.3) is 11.3 Å². The zero-order chi connectivity index (χ0) is 14.2. The molecule has 6 heteroatoms. The molecule has 2 rings (SSSR count). The van der Waals surface area contributed by atoms with Gasteiger partial charge in [0, 0.05) is 5.56 Å². The number of hydrogen-bond donors (Lipinski definition) is 1. The van der Waals surface area contributed by atoms with Gasteiger partial charge in [0.25, 0.3) is 0 Å². The van der Waals surface area contributed by atoms with E-state index in [1.54, 1.807) is 6.92 Å². The van der Waals surface area contributed by atoms with Crippen LogP contribution in [0.3, 0.4) is 0 Å². The molecule has 98 valence electrons. The quantitative estimate of drug-likeness (QED) is 0.659. The molecule has 2 aromatic rings. The van der Waals surface area contributed by atoms with E-state index in [2.05, 4.69) is 9.97 Å². The molecular weight excluding hydrogens is 244 g/mol. The highest BCUT2D eigenvalue weighted by Crippen LogP contribution is 2.33. The van der Waals surface area contributed by atoms with E-state index in [4.69, 9.17) is 5.73 Å². The number of aryl methyl sites for hydroxylation is 3. The minimum atomic E-state index is -0.466. The van der Waals surface area contributed by atoms with Gasteiger partial charge in [0.1, 0.15) is 5.69 Å². The predicted molar refractivity (Wildman–Crippen MR) is 72.7 cm³/mol. The van der Waals surface area contributed by atoms with E-state index in [-0.39, 0.29) is 23.0 Å². The summed E-state index contributed by atoms with van der Waals surface area (Å²) in [5.41, 5.74) is 8.69. The first-order valence-electron chi connectivity index (χ1n) is 5.76. The van der Waals surface area contributed by atoms with Crippen LogP contribution in [0.5, 0.6) is 0 Å². The van der Waals surface area contributed by atoms with Crippen LogP contribution in [0.1, 0.15) is 16.8 Å². The Bertz CT molecular complexity index is 668. The lowest BCUT2D eigenvalue weighted by molar-refractivity contribution is -0.385. The molecule has 0 fully saturated rings. The smallest absolute Gasteiger partial charge is 0.316 e. The SMILES string of the molecule is Cc1ccc(C)c(-c2nc(N)nc(C)c2[N+](=O)[O-])c1. The lowest BCUT2D eigenvalue weighted by Gasteiger charge is -2.09. The number of nitrogens with two attached hydrogens (primary N) is 1. The number of hydrogen-bond acceptors (Lipinski definition) is 5. The summed E-state index contributed by atoms with van der Waals surface area (Å²) in [7, 11) is 0. The molecule has 0 radical (unpaired) electrons. The van der Waals surface area contributed by atoms with E-state index < -0.39 is 4.92 Å². The first kappa shape index (κ1) is 12.9. The summed E-state index contributed by atoms with van der Waals surface area (Å²) >= 11 is 0. The lowest BCUT2D eigenvalue weighted by Crippen LogP contribution is -2.05. The van der Waals surface area contributed by atoms with Crippen LogP contribution in [-0.2, 0) is 0 Å². The molecule has 0 spiro atoms. The first-order valence-corrected chi connectivity index (χ1v) is 5.76. The molecule has 6 nitrogen and oxygen atoms in total. The monoisotopic (exact) mass is 258 g/mol. The molecule has 19 heavy (non-hydrogen) atoms. The highest BCUT2D eigenvalue weighted by molar-refractivity contribution is 5.74. The van der Waals surface area contributed by atoms with Crippen molar-refractivity contribution in [3.63, 3.8) is 0 Å². The van der Waals surface area contributed by atoms with Gasteiger partial charge in [0.15, 0.2) is 5.69 Å². The normalized spacial score (nSPS) is 10.5. The highest BCUT2D eigenvalue weighted by Gasteiger charge is 2.23. The third kappa shape index (κ3) is 2.37. The maximum atomic E-state index is 11.2.